The van der Waals surface area contributed by atoms with Crippen molar-refractivity contribution >= 4 is 29.0 Å². The minimum Gasteiger partial charge on any atom is -0.495 e. The summed E-state index contributed by atoms with van der Waals surface area (Å²) in [6.07, 6.45) is 0.702. The Morgan fingerprint density at radius 1 is 1.08 bits per heavy atom. The number of hydrogen-bond acceptors (Lipinski definition) is 5. The molecule has 4 rings (SSSR count). The number of ketones is 1. The van der Waals surface area contributed by atoms with Gasteiger partial charge >= 0.3 is 5.57 Å². The van der Waals surface area contributed by atoms with Gasteiger partial charge < -0.3 is 14.8 Å². The number of aromatic nitrogens is 1. The molecule has 0 saturated heterocycles. The molecule has 36 heavy (non-hydrogen) atoms. The number of anilines is 1. The van der Waals surface area contributed by atoms with Crippen molar-refractivity contribution in [3.05, 3.63) is 81.8 Å². The summed E-state index contributed by atoms with van der Waals surface area (Å²) < 4.78 is 36.7. The number of nitrogens with one attached hydrogen (secondary N) is 1. The van der Waals surface area contributed by atoms with E-state index in [1.807, 2.05) is 13.8 Å². The van der Waals surface area contributed by atoms with Crippen molar-refractivity contribution in [2.75, 3.05) is 12.4 Å². The number of pyridine rings is 1. The summed E-state index contributed by atoms with van der Waals surface area (Å²) in [6, 6.07) is 13.2. The van der Waals surface area contributed by atoms with Crippen LogP contribution in [0, 0.1) is 5.41 Å². The molecule has 10 heteroatoms. The first-order valence-electron chi connectivity index (χ1n) is 11.0. The molecule has 0 radical (unpaired) electrons. The second kappa shape index (κ2) is 9.39. The molecule has 0 unspecified atom stereocenters. The van der Waals surface area contributed by atoms with Gasteiger partial charge in [0.25, 0.3) is 11.5 Å². The van der Waals surface area contributed by atoms with Crippen molar-refractivity contribution in [1.82, 2.24) is 4.57 Å². The van der Waals surface area contributed by atoms with Gasteiger partial charge in [-0.15, -0.1) is 8.78 Å². The highest BCUT2D eigenvalue weighted by Crippen LogP contribution is 2.36. The van der Waals surface area contributed by atoms with E-state index in [-0.39, 0.29) is 40.2 Å². The molecule has 188 valence electrons. The molecular weight excluding hydrogens is 494 g/mol. The molecule has 0 bridgehead atoms. The monoisotopic (exact) mass is 516 g/mol. The Morgan fingerprint density at radius 2 is 1.75 bits per heavy atom. The summed E-state index contributed by atoms with van der Waals surface area (Å²) >= 11 is 4.76. The third-order valence-electron chi connectivity index (χ3n) is 5.80. The average Bonchev–Trinajstić information content (AvgIpc) is 2.78. The topological polar surface area (TPSA) is 86.6 Å². The number of halogens is 3. The molecule has 1 amide bonds. The number of alkyl halides is 3. The zero-order chi connectivity index (χ0) is 26.3. The van der Waals surface area contributed by atoms with Gasteiger partial charge in [0.05, 0.1) is 12.8 Å². The van der Waals surface area contributed by atoms with Crippen molar-refractivity contribution in [3.63, 3.8) is 0 Å². The minimum absolute atomic E-state index is 0.178. The van der Waals surface area contributed by atoms with E-state index in [4.69, 9.17) is 16.3 Å². The molecule has 0 fully saturated rings. The van der Waals surface area contributed by atoms with Gasteiger partial charge in [0.15, 0.2) is 5.78 Å². The van der Waals surface area contributed by atoms with Crippen LogP contribution in [-0.4, -0.2) is 28.9 Å². The number of amides is 1. The van der Waals surface area contributed by atoms with Gasteiger partial charge in [0.2, 0.25) is 0 Å². The molecule has 1 heterocycles. The van der Waals surface area contributed by atoms with Crippen LogP contribution in [0.3, 0.4) is 0 Å². The van der Waals surface area contributed by atoms with Crippen LogP contribution in [-0.2, 0) is 6.42 Å². The van der Waals surface area contributed by atoms with Crippen LogP contribution >= 0.6 is 11.6 Å². The Balaban J connectivity index is 1.79. The summed E-state index contributed by atoms with van der Waals surface area (Å²) in [6.45, 7) is 3.89. The van der Waals surface area contributed by atoms with Gasteiger partial charge in [0.1, 0.15) is 17.1 Å². The van der Waals surface area contributed by atoms with Crippen LogP contribution in [0.25, 0.3) is 5.69 Å². The van der Waals surface area contributed by atoms with Gasteiger partial charge in [-0.05, 0) is 54.3 Å². The lowest BCUT2D eigenvalue weighted by Crippen LogP contribution is -2.37. The molecule has 0 atom stereocenters. The second-order valence-corrected chi connectivity index (χ2v) is 9.64. The number of rotatable bonds is 6. The van der Waals surface area contributed by atoms with E-state index in [1.165, 1.54) is 42.0 Å². The Kier molecular flexibility index (Phi) is 6.62. The van der Waals surface area contributed by atoms with Gasteiger partial charge in [-0.25, -0.2) is 0 Å². The zero-order valence-electron chi connectivity index (χ0n) is 19.7. The fourth-order valence-electron chi connectivity index (χ4n) is 4.28. The van der Waals surface area contributed by atoms with E-state index in [1.54, 1.807) is 24.3 Å². The lowest BCUT2D eigenvalue weighted by Gasteiger charge is -2.32. The quantitative estimate of drug-likeness (QED) is 0.442. The summed E-state index contributed by atoms with van der Waals surface area (Å²) in [5.41, 5.74) is -3.71. The van der Waals surface area contributed by atoms with E-state index in [2.05, 4.69) is 10.1 Å². The summed E-state index contributed by atoms with van der Waals surface area (Å²) in [5.74, 6) is -0.752. The minimum atomic E-state index is -3.88. The number of nitrogens with zero attached hydrogens (tertiary/aromatic N) is 1. The maximum absolute atomic E-state index is 13.7. The Hall–Kier alpha value is -3.72. The highest BCUT2D eigenvalue weighted by molar-refractivity contribution is 6.20. The molecular formula is C26H23ClF2N2O5. The first kappa shape index (κ1) is 25.4. The maximum Gasteiger partial charge on any atom is 0.487 e. The van der Waals surface area contributed by atoms with E-state index >= 15 is 0 Å². The van der Waals surface area contributed by atoms with E-state index < -0.39 is 17.0 Å². The fourth-order valence-corrected chi connectivity index (χ4v) is 4.37. The van der Waals surface area contributed by atoms with Crippen LogP contribution in [0.1, 0.15) is 46.7 Å². The third-order valence-corrected chi connectivity index (χ3v) is 5.88. The van der Waals surface area contributed by atoms with E-state index in [9.17, 15) is 23.2 Å². The van der Waals surface area contributed by atoms with Crippen LogP contribution in [0.4, 0.5) is 14.5 Å². The molecule has 1 N–H and O–H groups in total. The summed E-state index contributed by atoms with van der Waals surface area (Å²) in [5, 5.41) is 2.56. The molecule has 1 aliphatic rings. The smallest absolute Gasteiger partial charge is 0.487 e. The SMILES string of the molecule is COc1ccccc1-n1c2c(cc(C(=O)Nc3ccc(OC(F)(F)Cl)cc3)c1=O)C(=O)CC(C)(C)C2. The number of benzene rings is 2. The Bertz CT molecular complexity index is 1390. The molecule has 3 aromatic rings. The lowest BCUT2D eigenvalue weighted by molar-refractivity contribution is -0.0964. The molecule has 1 aromatic heterocycles. The normalized spacial score (nSPS) is 14.7. The van der Waals surface area contributed by atoms with Crippen molar-refractivity contribution in [2.45, 2.75) is 32.3 Å². The lowest BCUT2D eigenvalue weighted by atomic mass is 9.75. The predicted octanol–water partition coefficient (Wildman–Crippen LogP) is 5.42. The molecule has 0 saturated carbocycles. The van der Waals surface area contributed by atoms with Crippen LogP contribution in [0.2, 0.25) is 0 Å². The van der Waals surface area contributed by atoms with Crippen LogP contribution in [0.15, 0.2) is 59.4 Å². The second-order valence-electron chi connectivity index (χ2n) is 9.20. The van der Waals surface area contributed by atoms with Crippen LogP contribution in [0.5, 0.6) is 11.5 Å². The number of carbonyl (C=O) groups is 2. The molecule has 7 nitrogen and oxygen atoms in total. The van der Waals surface area contributed by atoms with E-state index in [0.717, 1.165) is 0 Å². The number of hydrogen-bond donors (Lipinski definition) is 1. The Labute approximate surface area is 210 Å². The van der Waals surface area contributed by atoms with Crippen molar-refractivity contribution in [3.8, 4) is 17.2 Å². The fraction of sp³-hybridized carbons (Fsp3) is 0.269. The van der Waals surface area contributed by atoms with E-state index in [0.29, 0.717) is 23.6 Å². The zero-order valence-corrected chi connectivity index (χ0v) is 20.5. The highest BCUT2D eigenvalue weighted by atomic mass is 35.5. The van der Waals surface area contributed by atoms with Gasteiger partial charge in [-0.3, -0.25) is 19.0 Å². The van der Waals surface area contributed by atoms with Crippen molar-refractivity contribution < 1.29 is 27.8 Å². The molecule has 0 spiro atoms. The first-order valence-corrected chi connectivity index (χ1v) is 11.4. The molecule has 0 aliphatic heterocycles. The summed E-state index contributed by atoms with van der Waals surface area (Å²) in [7, 11) is 1.47. The average molecular weight is 517 g/mol. The van der Waals surface area contributed by atoms with Crippen molar-refractivity contribution in [2.24, 2.45) is 5.41 Å². The predicted molar refractivity (Wildman–Crippen MR) is 131 cm³/mol. The number of fused-ring (bicyclic) bond motifs is 1. The van der Waals surface area contributed by atoms with Gasteiger partial charge in [-0.2, -0.15) is 0 Å². The number of Topliss-reactive ketones (excluding diaryl/α,β-unsaturated/α-hetero) is 1. The largest absolute Gasteiger partial charge is 0.495 e. The number of carbonyl (C=O) groups excluding carboxylic acids is 2. The van der Waals surface area contributed by atoms with Crippen LogP contribution < -0.4 is 20.3 Å². The van der Waals surface area contributed by atoms with Gasteiger partial charge in [-0.1, -0.05) is 26.0 Å². The first-order chi connectivity index (χ1) is 16.9. The van der Waals surface area contributed by atoms with Crippen molar-refractivity contribution in [1.29, 1.82) is 0 Å². The number of methoxy groups -OCH3 is 1. The third kappa shape index (κ3) is 5.26. The standard InChI is InChI=1S/C26H23ClF2N2O5/c1-25(2)13-20-17(21(32)14-25)12-18(24(34)31(20)19-6-4-5-7-22(19)35-3)23(33)30-15-8-10-16(11-9-15)36-26(27,28)29/h4-12H,13-14H2,1-3H3,(H,30,33). The maximum atomic E-state index is 13.7. The molecule has 2 aromatic carbocycles. The molecule has 1 aliphatic carbocycles. The Morgan fingerprint density at radius 3 is 2.39 bits per heavy atom. The van der Waals surface area contributed by atoms with Gasteiger partial charge in [0, 0.05) is 35.0 Å². The summed E-state index contributed by atoms with van der Waals surface area (Å²) in [4.78, 5) is 39.9. The number of para-hydroxylation sites is 2. The highest BCUT2D eigenvalue weighted by Gasteiger charge is 2.35. The number of ether oxygens (including phenoxy) is 2.